The molecule has 0 saturated carbocycles. The number of piperidine rings is 1. The fraction of sp³-hybridized carbons (Fsp3) is 0.731. The van der Waals surface area contributed by atoms with Crippen LogP contribution in [0.4, 0.5) is 4.79 Å². The molecule has 0 radical (unpaired) electrons. The molecule has 1 amide bonds. The molecule has 3 heterocycles. The third kappa shape index (κ3) is 3.66. The minimum atomic E-state index is -0.0701. The van der Waals surface area contributed by atoms with E-state index in [4.69, 9.17) is 4.74 Å². The Balaban J connectivity index is 1.23. The largest absolute Gasteiger partial charge is 0.450 e. The quantitative estimate of drug-likeness (QED) is 0.664. The summed E-state index contributed by atoms with van der Waals surface area (Å²) in [7, 11) is 0. The number of hydrogen-bond acceptors (Lipinski definition) is 3. The molecule has 3 saturated heterocycles. The van der Waals surface area contributed by atoms with Gasteiger partial charge in [0.25, 0.3) is 0 Å². The van der Waals surface area contributed by atoms with Gasteiger partial charge < -0.3 is 14.5 Å². The summed E-state index contributed by atoms with van der Waals surface area (Å²) < 4.78 is 5.37. The van der Waals surface area contributed by atoms with Crippen molar-refractivity contribution < 1.29 is 9.53 Å². The molecule has 1 aromatic carbocycles. The Morgan fingerprint density at radius 1 is 0.967 bits per heavy atom. The van der Waals surface area contributed by atoms with Gasteiger partial charge in [0.2, 0.25) is 0 Å². The Labute approximate surface area is 182 Å². The predicted molar refractivity (Wildman–Crippen MR) is 120 cm³/mol. The summed E-state index contributed by atoms with van der Waals surface area (Å²) in [5, 5.41) is 0. The molecule has 4 heteroatoms. The van der Waals surface area contributed by atoms with Crippen LogP contribution in [0.5, 0.6) is 0 Å². The second kappa shape index (κ2) is 8.53. The van der Waals surface area contributed by atoms with Crippen LogP contribution in [0.15, 0.2) is 24.3 Å². The van der Waals surface area contributed by atoms with Crippen molar-refractivity contribution in [1.29, 1.82) is 0 Å². The summed E-state index contributed by atoms with van der Waals surface area (Å²) in [6.45, 7) is 4.88. The number of carbonyl (C=O) groups is 1. The zero-order valence-electron chi connectivity index (χ0n) is 18.7. The van der Waals surface area contributed by atoms with E-state index in [0.717, 1.165) is 25.7 Å². The van der Waals surface area contributed by atoms with E-state index in [9.17, 15) is 4.79 Å². The van der Waals surface area contributed by atoms with Crippen LogP contribution in [0.25, 0.3) is 0 Å². The number of nitrogens with zero attached hydrogens (tertiary/aromatic N) is 2. The van der Waals surface area contributed by atoms with E-state index in [1.807, 2.05) is 6.92 Å². The van der Waals surface area contributed by atoms with Gasteiger partial charge in [0.1, 0.15) is 0 Å². The lowest BCUT2D eigenvalue weighted by Gasteiger charge is -2.48. The molecule has 2 unspecified atom stereocenters. The van der Waals surface area contributed by atoms with Gasteiger partial charge in [-0.25, -0.2) is 4.79 Å². The number of hydrogen-bond donors (Lipinski definition) is 0. The molecule has 2 atom stereocenters. The zero-order chi connectivity index (χ0) is 20.6. The molecule has 1 spiro atoms. The second-order valence-electron chi connectivity index (χ2n) is 10.1. The van der Waals surface area contributed by atoms with Crippen molar-refractivity contribution in [3.8, 4) is 0 Å². The average Bonchev–Trinajstić information content (AvgIpc) is 3.20. The molecule has 0 aromatic heterocycles. The molecule has 3 fully saturated rings. The second-order valence-corrected chi connectivity index (χ2v) is 10.1. The Kier molecular flexibility index (Phi) is 5.79. The Morgan fingerprint density at radius 3 is 2.27 bits per heavy atom. The van der Waals surface area contributed by atoms with Crippen LogP contribution in [0, 0.1) is 0 Å². The molecule has 30 heavy (non-hydrogen) atoms. The van der Waals surface area contributed by atoms with Gasteiger partial charge in [0, 0.05) is 18.1 Å². The van der Waals surface area contributed by atoms with Crippen LogP contribution in [0.3, 0.4) is 0 Å². The van der Waals surface area contributed by atoms with Crippen molar-refractivity contribution in [1.82, 2.24) is 9.80 Å². The van der Waals surface area contributed by atoms with Gasteiger partial charge >= 0.3 is 6.09 Å². The van der Waals surface area contributed by atoms with Crippen molar-refractivity contribution in [2.75, 3.05) is 19.7 Å². The summed E-state index contributed by atoms with van der Waals surface area (Å²) in [6, 6.07) is 10.8. The van der Waals surface area contributed by atoms with E-state index in [-0.39, 0.29) is 6.09 Å². The molecule has 4 nitrogen and oxygen atoms in total. The van der Waals surface area contributed by atoms with Crippen LogP contribution < -0.4 is 0 Å². The lowest BCUT2D eigenvalue weighted by molar-refractivity contribution is 0.0564. The maximum Gasteiger partial charge on any atom is 0.410 e. The van der Waals surface area contributed by atoms with Crippen molar-refractivity contribution in [3.63, 3.8) is 0 Å². The molecule has 0 N–H and O–H groups in total. The number of fused-ring (bicyclic) bond motifs is 4. The van der Waals surface area contributed by atoms with E-state index >= 15 is 0 Å². The number of ether oxygens (including phenoxy) is 1. The van der Waals surface area contributed by atoms with Gasteiger partial charge in [-0.15, -0.1) is 0 Å². The lowest BCUT2D eigenvalue weighted by atomic mass is 9.64. The molecular weight excluding hydrogens is 372 g/mol. The molecule has 1 aliphatic carbocycles. The molecule has 1 aromatic rings. The first-order valence-electron chi connectivity index (χ1n) is 12.5. The van der Waals surface area contributed by atoms with E-state index in [2.05, 4.69) is 34.1 Å². The number of rotatable bonds is 2. The number of benzene rings is 1. The number of carbonyl (C=O) groups excluding carboxylic acids is 1. The van der Waals surface area contributed by atoms with Crippen LogP contribution in [0.2, 0.25) is 0 Å². The standard InChI is InChI=1S/C26H38N2O2/c1-2-30-25(29)28-22-11-9-21(10-12-23(28)14-13-22)27-18-16-26(17-19-27)15-5-7-20-6-3-4-8-24(20)26/h3-4,6,8,21-23H,2,5,7,9-19H2,1H3. The number of likely N-dealkylation sites (tertiary alicyclic amines) is 1. The summed E-state index contributed by atoms with van der Waals surface area (Å²) in [4.78, 5) is 17.4. The van der Waals surface area contributed by atoms with Gasteiger partial charge in [-0.1, -0.05) is 24.3 Å². The monoisotopic (exact) mass is 410 g/mol. The maximum atomic E-state index is 12.5. The summed E-state index contributed by atoms with van der Waals surface area (Å²) in [6.07, 6.45) is 13.7. The van der Waals surface area contributed by atoms with Crippen molar-refractivity contribution in [2.24, 2.45) is 0 Å². The highest BCUT2D eigenvalue weighted by Crippen LogP contribution is 2.45. The van der Waals surface area contributed by atoms with Crippen LogP contribution in [-0.4, -0.2) is 53.7 Å². The number of aryl methyl sites for hydroxylation is 1. The lowest BCUT2D eigenvalue weighted by Crippen LogP contribution is -2.50. The molecule has 4 aliphatic rings. The topological polar surface area (TPSA) is 32.8 Å². The van der Waals surface area contributed by atoms with Gasteiger partial charge in [0.15, 0.2) is 0 Å². The number of amides is 1. The summed E-state index contributed by atoms with van der Waals surface area (Å²) in [5.74, 6) is 0. The molecule has 5 rings (SSSR count). The Morgan fingerprint density at radius 2 is 1.60 bits per heavy atom. The van der Waals surface area contributed by atoms with Crippen LogP contribution >= 0.6 is 0 Å². The predicted octanol–water partition coefficient (Wildman–Crippen LogP) is 5.29. The third-order valence-corrected chi connectivity index (χ3v) is 8.73. The molecule has 3 aliphatic heterocycles. The fourth-order valence-electron chi connectivity index (χ4n) is 7.15. The minimum absolute atomic E-state index is 0.0701. The van der Waals surface area contributed by atoms with Crippen LogP contribution in [-0.2, 0) is 16.6 Å². The van der Waals surface area contributed by atoms with Gasteiger partial charge in [-0.2, -0.15) is 0 Å². The first-order chi connectivity index (χ1) is 14.7. The van der Waals surface area contributed by atoms with Crippen molar-refractivity contribution in [3.05, 3.63) is 35.4 Å². The fourth-order valence-corrected chi connectivity index (χ4v) is 7.15. The highest BCUT2D eigenvalue weighted by atomic mass is 16.6. The summed E-state index contributed by atoms with van der Waals surface area (Å²) >= 11 is 0. The molecule has 164 valence electrons. The van der Waals surface area contributed by atoms with E-state index in [0.29, 0.717) is 30.1 Å². The van der Waals surface area contributed by atoms with E-state index in [1.54, 1.807) is 11.1 Å². The SMILES string of the molecule is CCOC(=O)N1C2CCC(N3CCC4(CCCc5ccccc54)CC3)CCC1CC2. The maximum absolute atomic E-state index is 12.5. The normalized spacial score (nSPS) is 31.1. The van der Waals surface area contributed by atoms with E-state index in [1.165, 1.54) is 58.0 Å². The Hall–Kier alpha value is -1.55. The summed E-state index contributed by atoms with van der Waals surface area (Å²) in [5.41, 5.74) is 3.71. The zero-order valence-corrected chi connectivity index (χ0v) is 18.7. The average molecular weight is 411 g/mol. The van der Waals surface area contributed by atoms with Crippen molar-refractivity contribution in [2.45, 2.75) is 101 Å². The highest BCUT2D eigenvalue weighted by Gasteiger charge is 2.43. The molecular formula is C26H38N2O2. The first-order valence-corrected chi connectivity index (χ1v) is 12.5. The van der Waals surface area contributed by atoms with Crippen molar-refractivity contribution >= 4 is 6.09 Å². The third-order valence-electron chi connectivity index (χ3n) is 8.73. The minimum Gasteiger partial charge on any atom is -0.450 e. The van der Waals surface area contributed by atoms with Gasteiger partial charge in [-0.05, 0) is 107 Å². The van der Waals surface area contributed by atoms with E-state index < -0.39 is 0 Å². The van der Waals surface area contributed by atoms with Gasteiger partial charge in [-0.3, -0.25) is 0 Å². The highest BCUT2D eigenvalue weighted by molar-refractivity contribution is 5.69. The molecule has 2 bridgehead atoms. The Bertz CT molecular complexity index is 739. The first kappa shape index (κ1) is 20.4. The van der Waals surface area contributed by atoms with Crippen LogP contribution in [0.1, 0.15) is 82.3 Å². The van der Waals surface area contributed by atoms with Gasteiger partial charge in [0.05, 0.1) is 6.61 Å². The smallest absolute Gasteiger partial charge is 0.410 e.